The van der Waals surface area contributed by atoms with Crippen LogP contribution in [0.15, 0.2) is 134 Å². The van der Waals surface area contributed by atoms with Gasteiger partial charge in [0, 0.05) is 0 Å². The Hall–Kier alpha value is -2.50. The van der Waals surface area contributed by atoms with Crippen LogP contribution in [0.2, 0.25) is 0 Å². The van der Waals surface area contributed by atoms with Crippen LogP contribution in [0.1, 0.15) is 11.1 Å². The summed E-state index contributed by atoms with van der Waals surface area (Å²) in [4.78, 5) is 0. The molecule has 0 bridgehead atoms. The van der Waals surface area contributed by atoms with E-state index in [4.69, 9.17) is 0 Å². The monoisotopic (exact) mass is 430 g/mol. The Morgan fingerprint density at radius 2 is 0.741 bits per heavy atom. The maximum absolute atomic E-state index is 3.72. The molecule has 0 radical (unpaired) electrons. The molecule has 136 valence electrons. The summed E-state index contributed by atoms with van der Waals surface area (Å²) >= 11 is 0. The van der Waals surface area contributed by atoms with Crippen LogP contribution in [0.3, 0.4) is 0 Å². The standard InChI is InChI=1S/2C7H7.2C5H5.C2H4.Zr/c2*1-7-5-3-2-4-6-7;2*1-2-4-5-3-1;1-2;/h2*2-6H,1H2;2*1-5H;1-2H2;/q4*-1;;+4. The zero-order chi connectivity index (χ0) is 19.3. The fourth-order valence-corrected chi connectivity index (χ4v) is 1.60. The van der Waals surface area contributed by atoms with Crippen molar-refractivity contribution >= 4 is 0 Å². The molecule has 0 nitrogen and oxygen atoms in total. The van der Waals surface area contributed by atoms with E-state index in [1.54, 1.807) is 0 Å². The van der Waals surface area contributed by atoms with Gasteiger partial charge in [-0.25, -0.2) is 24.3 Å². The van der Waals surface area contributed by atoms with Crippen molar-refractivity contribution in [3.8, 4) is 0 Å². The average molecular weight is 432 g/mol. The van der Waals surface area contributed by atoms with Gasteiger partial charge in [-0.15, -0.1) is 37.4 Å². The van der Waals surface area contributed by atoms with Crippen LogP contribution in [-0.2, 0) is 26.2 Å². The van der Waals surface area contributed by atoms with Gasteiger partial charge in [0.15, 0.2) is 0 Å². The molecule has 1 heteroatoms. The molecule has 0 spiro atoms. The molecule has 0 atom stereocenters. The molecular weight excluding hydrogens is 404 g/mol. The Morgan fingerprint density at radius 1 is 0.481 bits per heavy atom. The van der Waals surface area contributed by atoms with E-state index in [1.165, 1.54) is 0 Å². The molecule has 0 heterocycles. The van der Waals surface area contributed by atoms with Gasteiger partial charge >= 0.3 is 26.2 Å². The van der Waals surface area contributed by atoms with Crippen LogP contribution in [0.5, 0.6) is 0 Å². The van der Waals surface area contributed by atoms with Crippen molar-refractivity contribution in [1.82, 2.24) is 0 Å². The molecule has 0 aliphatic carbocycles. The van der Waals surface area contributed by atoms with Gasteiger partial charge in [0.05, 0.1) is 0 Å². The van der Waals surface area contributed by atoms with Gasteiger partial charge in [0.2, 0.25) is 0 Å². The third-order valence-electron chi connectivity index (χ3n) is 2.80. The van der Waals surface area contributed by atoms with Crippen molar-refractivity contribution in [3.63, 3.8) is 0 Å². The Bertz CT molecular complexity index is 582. The van der Waals surface area contributed by atoms with Gasteiger partial charge in [0.1, 0.15) is 0 Å². The summed E-state index contributed by atoms with van der Waals surface area (Å²) in [5, 5.41) is 0. The van der Waals surface area contributed by atoms with Crippen molar-refractivity contribution < 1.29 is 26.2 Å². The molecule has 0 saturated carbocycles. The second kappa shape index (κ2) is 21.5. The van der Waals surface area contributed by atoms with E-state index in [1.807, 2.05) is 121 Å². The quantitative estimate of drug-likeness (QED) is 0.202. The first-order chi connectivity index (χ1) is 12.8. The molecule has 0 unspecified atom stereocenters. The van der Waals surface area contributed by atoms with Crippen molar-refractivity contribution in [2.45, 2.75) is 0 Å². The summed E-state index contributed by atoms with van der Waals surface area (Å²) in [6.45, 7) is 13.4. The van der Waals surface area contributed by atoms with Crippen LogP contribution in [0.4, 0.5) is 0 Å². The van der Waals surface area contributed by atoms with E-state index in [0.717, 1.165) is 11.1 Å². The smallest absolute Gasteiger partial charge is 0.214 e. The van der Waals surface area contributed by atoms with E-state index in [0.29, 0.717) is 0 Å². The molecule has 27 heavy (non-hydrogen) atoms. The predicted octanol–water partition coefficient (Wildman–Crippen LogP) is 7.35. The molecule has 4 rings (SSSR count). The molecular formula is C26H28Zr. The van der Waals surface area contributed by atoms with Gasteiger partial charge < -0.3 is 0 Å². The first kappa shape index (κ1) is 26.7. The van der Waals surface area contributed by atoms with Crippen molar-refractivity contribution in [3.05, 3.63) is 159 Å². The third-order valence-corrected chi connectivity index (χ3v) is 2.80. The molecule has 4 aromatic carbocycles. The van der Waals surface area contributed by atoms with Gasteiger partial charge in [-0.1, -0.05) is 12.1 Å². The average Bonchev–Trinajstić information content (AvgIpc) is 3.44. The first-order valence-corrected chi connectivity index (χ1v) is 8.36. The maximum atomic E-state index is 3.72. The molecule has 0 aromatic heterocycles. The number of hydrogen-bond donors (Lipinski definition) is 0. The zero-order valence-electron chi connectivity index (χ0n) is 15.9. The van der Waals surface area contributed by atoms with Crippen molar-refractivity contribution in [2.24, 2.45) is 0 Å². The van der Waals surface area contributed by atoms with E-state index in [-0.39, 0.29) is 26.2 Å². The van der Waals surface area contributed by atoms with Crippen LogP contribution < -0.4 is 0 Å². The maximum Gasteiger partial charge on any atom is 4.00 e. The summed E-state index contributed by atoms with van der Waals surface area (Å²) < 4.78 is 0. The molecule has 0 amide bonds. The summed E-state index contributed by atoms with van der Waals surface area (Å²) in [5.74, 6) is 0. The van der Waals surface area contributed by atoms with Gasteiger partial charge in [-0.05, 0) is 0 Å². The summed E-state index contributed by atoms with van der Waals surface area (Å²) in [6.07, 6.45) is 0. The molecule has 0 saturated heterocycles. The summed E-state index contributed by atoms with van der Waals surface area (Å²) in [7, 11) is 0. The van der Waals surface area contributed by atoms with Crippen molar-refractivity contribution in [2.75, 3.05) is 0 Å². The Kier molecular flexibility index (Phi) is 21.3. The van der Waals surface area contributed by atoms with Gasteiger partial charge in [-0.2, -0.15) is 85.6 Å². The molecule has 0 aliphatic rings. The second-order valence-electron chi connectivity index (χ2n) is 4.90. The Labute approximate surface area is 185 Å². The number of benzene rings is 2. The minimum Gasteiger partial charge on any atom is -0.214 e. The minimum absolute atomic E-state index is 0. The third kappa shape index (κ3) is 19.7. The van der Waals surface area contributed by atoms with E-state index < -0.39 is 0 Å². The summed E-state index contributed by atoms with van der Waals surface area (Å²) in [5.41, 5.74) is 2.14. The minimum atomic E-state index is 0. The predicted molar refractivity (Wildman–Crippen MR) is 117 cm³/mol. The van der Waals surface area contributed by atoms with Crippen LogP contribution in [0, 0.1) is 13.8 Å². The normalized spacial score (nSPS) is 7.56. The zero-order valence-corrected chi connectivity index (χ0v) is 18.3. The molecule has 0 N–H and O–H groups in total. The van der Waals surface area contributed by atoms with Crippen molar-refractivity contribution in [1.29, 1.82) is 0 Å². The molecule has 4 aromatic rings. The largest absolute Gasteiger partial charge is 4.00 e. The fraction of sp³-hybridized carbons (Fsp3) is 0. The van der Waals surface area contributed by atoms with Gasteiger partial charge in [-0.3, -0.25) is 0 Å². The molecule has 0 fully saturated rings. The topological polar surface area (TPSA) is 0 Å². The summed E-state index contributed by atoms with van der Waals surface area (Å²) in [6, 6.07) is 39.7. The van der Waals surface area contributed by atoms with Crippen LogP contribution >= 0.6 is 0 Å². The van der Waals surface area contributed by atoms with E-state index in [2.05, 4.69) is 27.0 Å². The Morgan fingerprint density at radius 3 is 0.852 bits per heavy atom. The second-order valence-corrected chi connectivity index (χ2v) is 4.90. The number of hydrogen-bond acceptors (Lipinski definition) is 0. The fourth-order valence-electron chi connectivity index (χ4n) is 1.60. The number of rotatable bonds is 0. The SMILES string of the molecule is C=C.[CH2-]c1ccccc1.[CH2-]c1ccccc1.[Zr+4].c1cc[cH-]c1.c1cc[cH-]c1. The van der Waals surface area contributed by atoms with E-state index >= 15 is 0 Å². The Balaban J connectivity index is 0. The molecule has 0 aliphatic heterocycles. The van der Waals surface area contributed by atoms with Gasteiger partial charge in [0.25, 0.3) is 0 Å². The van der Waals surface area contributed by atoms with Crippen LogP contribution in [-0.4, -0.2) is 0 Å². The first-order valence-electron chi connectivity index (χ1n) is 8.36. The van der Waals surface area contributed by atoms with Crippen LogP contribution in [0.25, 0.3) is 0 Å². The van der Waals surface area contributed by atoms with E-state index in [9.17, 15) is 0 Å².